The largest absolute Gasteiger partial charge is 0.388 e. The number of aliphatic hydroxyl groups is 1. The third-order valence-electron chi connectivity index (χ3n) is 4.94. The van der Waals surface area contributed by atoms with Crippen molar-refractivity contribution in [2.75, 3.05) is 13.1 Å². The Kier molecular flexibility index (Phi) is 2.61. The van der Waals surface area contributed by atoms with Gasteiger partial charge in [-0.05, 0) is 37.0 Å². The molecule has 0 aromatic carbocycles. The second-order valence-electron chi connectivity index (χ2n) is 6.06. The van der Waals surface area contributed by atoms with Crippen LogP contribution < -0.4 is 11.1 Å². The second kappa shape index (κ2) is 3.44. The molecule has 0 radical (unpaired) electrons. The van der Waals surface area contributed by atoms with E-state index in [1.165, 1.54) is 6.42 Å². The van der Waals surface area contributed by atoms with Crippen LogP contribution in [-0.4, -0.2) is 29.8 Å². The van der Waals surface area contributed by atoms with Gasteiger partial charge in [-0.15, -0.1) is 0 Å². The van der Waals surface area contributed by atoms with Crippen molar-refractivity contribution in [3.05, 3.63) is 0 Å². The van der Waals surface area contributed by atoms with E-state index in [0.29, 0.717) is 17.9 Å². The van der Waals surface area contributed by atoms with E-state index in [9.17, 15) is 5.11 Å². The monoisotopic (exact) mass is 212 g/mol. The summed E-state index contributed by atoms with van der Waals surface area (Å²) in [7, 11) is 0. The summed E-state index contributed by atoms with van der Waals surface area (Å²) in [6, 6.07) is 0.234. The highest BCUT2D eigenvalue weighted by molar-refractivity contribution is 5.14. The summed E-state index contributed by atoms with van der Waals surface area (Å²) in [5.41, 5.74) is 5.25. The van der Waals surface area contributed by atoms with E-state index in [2.05, 4.69) is 19.2 Å². The summed E-state index contributed by atoms with van der Waals surface area (Å²) in [4.78, 5) is 0. The van der Waals surface area contributed by atoms with Crippen LogP contribution in [0.1, 0.15) is 33.6 Å². The van der Waals surface area contributed by atoms with Gasteiger partial charge in [0.15, 0.2) is 0 Å². The fourth-order valence-corrected chi connectivity index (χ4v) is 3.72. The van der Waals surface area contributed by atoms with E-state index in [4.69, 9.17) is 5.73 Å². The predicted octanol–water partition coefficient (Wildman–Crippen LogP) is 0.720. The number of hydrogen-bond acceptors (Lipinski definition) is 3. The number of rotatable bonds is 3. The van der Waals surface area contributed by atoms with Gasteiger partial charge >= 0.3 is 0 Å². The van der Waals surface area contributed by atoms with Crippen LogP contribution in [0.15, 0.2) is 0 Å². The zero-order valence-corrected chi connectivity index (χ0v) is 10.1. The van der Waals surface area contributed by atoms with Gasteiger partial charge in [0.2, 0.25) is 0 Å². The maximum atomic E-state index is 10.6. The third kappa shape index (κ3) is 1.52. The quantitative estimate of drug-likeness (QED) is 0.646. The van der Waals surface area contributed by atoms with Crippen LogP contribution in [0.5, 0.6) is 0 Å². The van der Waals surface area contributed by atoms with E-state index < -0.39 is 5.60 Å². The smallest absolute Gasteiger partial charge is 0.0805 e. The summed E-state index contributed by atoms with van der Waals surface area (Å²) in [6.45, 7) is 8.02. The minimum atomic E-state index is -0.562. The first-order valence-electron chi connectivity index (χ1n) is 6.06. The van der Waals surface area contributed by atoms with Crippen LogP contribution in [-0.2, 0) is 0 Å². The van der Waals surface area contributed by atoms with Gasteiger partial charge in [0.05, 0.1) is 5.60 Å². The first-order chi connectivity index (χ1) is 6.90. The number of hydrogen-bond donors (Lipinski definition) is 3. The van der Waals surface area contributed by atoms with E-state index in [1.807, 2.05) is 6.92 Å². The molecule has 15 heavy (non-hydrogen) atoms. The molecule has 3 heteroatoms. The van der Waals surface area contributed by atoms with Crippen molar-refractivity contribution in [1.29, 1.82) is 0 Å². The Morgan fingerprint density at radius 3 is 2.47 bits per heavy atom. The summed E-state index contributed by atoms with van der Waals surface area (Å²) in [5.74, 6) is 1.22. The van der Waals surface area contributed by atoms with Gasteiger partial charge in [-0.25, -0.2) is 0 Å². The molecule has 3 aliphatic rings. The van der Waals surface area contributed by atoms with Gasteiger partial charge in [-0.1, -0.05) is 13.8 Å². The molecule has 3 nitrogen and oxygen atoms in total. The van der Waals surface area contributed by atoms with Crippen molar-refractivity contribution < 1.29 is 5.11 Å². The van der Waals surface area contributed by atoms with Crippen LogP contribution in [0.2, 0.25) is 0 Å². The lowest BCUT2D eigenvalue weighted by Gasteiger charge is -2.65. The first kappa shape index (κ1) is 11.4. The lowest BCUT2D eigenvalue weighted by molar-refractivity contribution is -0.208. The summed E-state index contributed by atoms with van der Waals surface area (Å²) < 4.78 is 0. The molecule has 0 saturated heterocycles. The van der Waals surface area contributed by atoms with Crippen LogP contribution in [0.25, 0.3) is 0 Å². The summed E-state index contributed by atoms with van der Waals surface area (Å²) in [5, 5.41) is 14.0. The van der Waals surface area contributed by atoms with E-state index in [1.54, 1.807) is 0 Å². The molecule has 0 amide bonds. The van der Waals surface area contributed by atoms with E-state index >= 15 is 0 Å². The minimum Gasteiger partial charge on any atom is -0.388 e. The van der Waals surface area contributed by atoms with Gasteiger partial charge in [0.1, 0.15) is 0 Å². The molecule has 4 N–H and O–H groups in total. The molecule has 3 rings (SSSR count). The molecule has 88 valence electrons. The fourth-order valence-electron chi connectivity index (χ4n) is 3.72. The Hall–Kier alpha value is -0.120. The highest BCUT2D eigenvalue weighted by Crippen LogP contribution is 2.62. The van der Waals surface area contributed by atoms with Gasteiger partial charge < -0.3 is 16.2 Å². The number of fused-ring (bicyclic) bond motifs is 2. The highest BCUT2D eigenvalue weighted by atomic mass is 16.3. The molecule has 0 aromatic heterocycles. The molecule has 3 saturated carbocycles. The molecule has 0 unspecified atom stereocenters. The van der Waals surface area contributed by atoms with Crippen molar-refractivity contribution in [1.82, 2.24) is 5.32 Å². The van der Waals surface area contributed by atoms with Crippen molar-refractivity contribution >= 4 is 0 Å². The molecular weight excluding hydrogens is 188 g/mol. The molecule has 0 heterocycles. The molecule has 3 aliphatic carbocycles. The van der Waals surface area contributed by atoms with Crippen molar-refractivity contribution in [2.24, 2.45) is 23.0 Å². The van der Waals surface area contributed by atoms with E-state index in [-0.39, 0.29) is 6.04 Å². The molecular formula is C12H24N2O. The lowest BCUT2D eigenvalue weighted by atomic mass is 9.43. The standard InChI is InChI=1S/C12H24N2O/c1-11(2)8-6-9(11)12(3,15)10(7-8)14-5-4-13/h8-10,14-15H,4-7,13H2,1-3H3/t8-,9-,10-,12-/m0/s1. The van der Waals surface area contributed by atoms with Crippen LogP contribution in [0, 0.1) is 17.3 Å². The average molecular weight is 212 g/mol. The maximum Gasteiger partial charge on any atom is 0.0805 e. The molecule has 0 aliphatic heterocycles. The van der Waals surface area contributed by atoms with Crippen molar-refractivity contribution in [3.8, 4) is 0 Å². The highest BCUT2D eigenvalue weighted by Gasteiger charge is 2.62. The van der Waals surface area contributed by atoms with Crippen molar-refractivity contribution in [3.63, 3.8) is 0 Å². The van der Waals surface area contributed by atoms with E-state index in [0.717, 1.165) is 18.9 Å². The Morgan fingerprint density at radius 1 is 1.33 bits per heavy atom. The summed E-state index contributed by atoms with van der Waals surface area (Å²) in [6.07, 6.45) is 2.29. The summed E-state index contributed by atoms with van der Waals surface area (Å²) >= 11 is 0. The Bertz CT molecular complexity index is 250. The number of nitrogens with two attached hydrogens (primary N) is 1. The van der Waals surface area contributed by atoms with Gasteiger partial charge in [-0.2, -0.15) is 0 Å². The van der Waals surface area contributed by atoms with Gasteiger partial charge in [-0.3, -0.25) is 0 Å². The van der Waals surface area contributed by atoms with Gasteiger partial charge in [0.25, 0.3) is 0 Å². The van der Waals surface area contributed by atoms with Crippen LogP contribution >= 0.6 is 0 Å². The first-order valence-corrected chi connectivity index (χ1v) is 6.06. The Balaban J connectivity index is 2.07. The van der Waals surface area contributed by atoms with Crippen molar-refractivity contribution in [2.45, 2.75) is 45.3 Å². The molecule has 3 fully saturated rings. The Morgan fingerprint density at radius 2 is 2.00 bits per heavy atom. The fraction of sp³-hybridized carbons (Fsp3) is 1.00. The molecule has 0 aromatic rings. The molecule has 4 atom stereocenters. The van der Waals surface area contributed by atoms with Gasteiger partial charge in [0, 0.05) is 19.1 Å². The normalized spacial score (nSPS) is 47.4. The second-order valence-corrected chi connectivity index (χ2v) is 6.06. The maximum absolute atomic E-state index is 10.6. The molecule has 2 bridgehead atoms. The lowest BCUT2D eigenvalue weighted by Crippen LogP contribution is -2.69. The SMILES string of the molecule is CC1(C)[C@@H]2C[C@H](NCCN)[C@@](C)(O)[C@H]1C2. The topological polar surface area (TPSA) is 58.3 Å². The zero-order chi connectivity index (χ0) is 11.3. The minimum absolute atomic E-state index is 0.234. The zero-order valence-electron chi connectivity index (χ0n) is 10.1. The predicted molar refractivity (Wildman–Crippen MR) is 61.5 cm³/mol. The number of nitrogens with one attached hydrogen (secondary N) is 1. The average Bonchev–Trinajstić information content (AvgIpc) is 2.14. The Labute approximate surface area is 92.4 Å². The van der Waals surface area contributed by atoms with Crippen LogP contribution in [0.3, 0.4) is 0 Å². The molecule has 0 spiro atoms. The van der Waals surface area contributed by atoms with Crippen LogP contribution in [0.4, 0.5) is 0 Å². The third-order valence-corrected chi connectivity index (χ3v) is 4.94.